The topological polar surface area (TPSA) is 131 Å². The van der Waals surface area contributed by atoms with Crippen LogP contribution in [0.4, 0.5) is 27.8 Å². The van der Waals surface area contributed by atoms with Gasteiger partial charge in [0.2, 0.25) is 0 Å². The van der Waals surface area contributed by atoms with Gasteiger partial charge in [0.05, 0.1) is 6.61 Å². The first-order valence-electron chi connectivity index (χ1n) is 6.99. The quantitative estimate of drug-likeness (QED) is 0.551. The summed E-state index contributed by atoms with van der Waals surface area (Å²) in [5.74, 6) is 0.296. The van der Waals surface area contributed by atoms with Crippen molar-refractivity contribution in [2.45, 2.75) is 0 Å². The number of nitrogens with two attached hydrogens (primary N) is 1. The molecule has 0 radical (unpaired) electrons. The Morgan fingerprint density at radius 2 is 1.96 bits per heavy atom. The lowest BCUT2D eigenvalue weighted by Crippen LogP contribution is -2.17. The van der Waals surface area contributed by atoms with E-state index in [0.717, 1.165) is 0 Å². The number of azo groups is 1. The maximum Gasteiger partial charge on any atom is 0.412 e. The van der Waals surface area contributed by atoms with Gasteiger partial charge in [-0.25, -0.2) is 9.78 Å². The van der Waals surface area contributed by atoms with Gasteiger partial charge < -0.3 is 20.3 Å². The van der Waals surface area contributed by atoms with Crippen LogP contribution in [-0.4, -0.2) is 36.5 Å². The minimum absolute atomic E-state index is 0.00451. The Morgan fingerprint density at radius 1 is 1.21 bits per heavy atom. The molecule has 1 aromatic heterocycles. The fourth-order valence-electron chi connectivity index (χ4n) is 1.64. The molecule has 0 atom stereocenters. The molecule has 0 spiro atoms. The van der Waals surface area contributed by atoms with Gasteiger partial charge >= 0.3 is 6.09 Å². The molecule has 126 valence electrons. The van der Waals surface area contributed by atoms with Crippen LogP contribution in [0.2, 0.25) is 0 Å². The third-order valence-corrected chi connectivity index (χ3v) is 2.80. The van der Waals surface area contributed by atoms with E-state index >= 15 is 0 Å². The van der Waals surface area contributed by atoms with Crippen LogP contribution in [0.3, 0.4) is 0 Å². The van der Waals surface area contributed by atoms with Gasteiger partial charge in [0.1, 0.15) is 29.5 Å². The van der Waals surface area contributed by atoms with E-state index in [1.54, 1.807) is 18.2 Å². The van der Waals surface area contributed by atoms with Gasteiger partial charge in [0, 0.05) is 7.11 Å². The van der Waals surface area contributed by atoms with E-state index in [0.29, 0.717) is 18.0 Å². The highest BCUT2D eigenvalue weighted by molar-refractivity contribution is 5.84. The van der Waals surface area contributed by atoms with E-state index in [-0.39, 0.29) is 24.0 Å². The van der Waals surface area contributed by atoms with Crippen molar-refractivity contribution < 1.29 is 19.4 Å². The van der Waals surface area contributed by atoms with Crippen molar-refractivity contribution in [3.05, 3.63) is 36.4 Å². The summed E-state index contributed by atoms with van der Waals surface area (Å²) < 4.78 is 9.62. The summed E-state index contributed by atoms with van der Waals surface area (Å²) >= 11 is 0. The molecule has 0 aliphatic heterocycles. The molecule has 0 aliphatic carbocycles. The number of nitrogens with one attached hydrogen (secondary N) is 1. The lowest BCUT2D eigenvalue weighted by molar-refractivity contribution is 0.107. The SMILES string of the molecule is COCCOC(=O)Nc1ccc(N=Nc2ccccc2O)c(N)n1. The molecule has 0 fully saturated rings. The van der Waals surface area contributed by atoms with Crippen molar-refractivity contribution in [2.24, 2.45) is 10.2 Å². The summed E-state index contributed by atoms with van der Waals surface area (Å²) in [6, 6.07) is 9.55. The smallest absolute Gasteiger partial charge is 0.412 e. The summed E-state index contributed by atoms with van der Waals surface area (Å²) in [4.78, 5) is 15.5. The normalized spacial score (nSPS) is 10.7. The number of pyridine rings is 1. The standard InChI is InChI=1S/C15H17N5O4/c1-23-8-9-24-15(22)18-13-7-6-11(14(16)17-13)20-19-10-4-2-3-5-12(10)21/h2-7,21H,8-9H2,1H3,(H3,16,17,18,22). The van der Waals surface area contributed by atoms with Crippen molar-refractivity contribution in [3.63, 3.8) is 0 Å². The number of phenols is 1. The average molecular weight is 331 g/mol. The largest absolute Gasteiger partial charge is 0.506 e. The predicted octanol–water partition coefficient (Wildman–Crippen LogP) is 2.98. The van der Waals surface area contributed by atoms with Crippen LogP contribution in [0.15, 0.2) is 46.6 Å². The second-order valence-electron chi connectivity index (χ2n) is 4.54. The molecule has 0 saturated carbocycles. The Bertz CT molecular complexity index is 736. The highest BCUT2D eigenvalue weighted by Gasteiger charge is 2.07. The molecular formula is C15H17N5O4. The third-order valence-electron chi connectivity index (χ3n) is 2.80. The Balaban J connectivity index is 2.02. The Labute approximate surface area is 138 Å². The molecule has 1 aromatic carbocycles. The maximum atomic E-state index is 11.5. The summed E-state index contributed by atoms with van der Waals surface area (Å²) in [7, 11) is 1.51. The number of amides is 1. The summed E-state index contributed by atoms with van der Waals surface area (Å²) in [5.41, 5.74) is 6.39. The highest BCUT2D eigenvalue weighted by Crippen LogP contribution is 2.29. The minimum atomic E-state index is -0.664. The number of aromatic nitrogens is 1. The molecule has 0 unspecified atom stereocenters. The molecule has 2 aromatic rings. The minimum Gasteiger partial charge on any atom is -0.506 e. The summed E-state index contributed by atoms with van der Waals surface area (Å²) in [6.45, 7) is 0.430. The number of phenolic OH excluding ortho intramolecular Hbond substituents is 1. The maximum absolute atomic E-state index is 11.5. The number of ether oxygens (including phenoxy) is 2. The Morgan fingerprint density at radius 3 is 2.67 bits per heavy atom. The number of aromatic hydroxyl groups is 1. The molecule has 1 heterocycles. The van der Waals surface area contributed by atoms with E-state index in [1.165, 1.54) is 25.3 Å². The third kappa shape index (κ3) is 4.92. The fraction of sp³-hybridized carbons (Fsp3) is 0.200. The van der Waals surface area contributed by atoms with E-state index in [1.807, 2.05) is 0 Å². The molecule has 1 amide bonds. The Kier molecular flexibility index (Phi) is 6.03. The monoisotopic (exact) mass is 331 g/mol. The van der Waals surface area contributed by atoms with Crippen LogP contribution in [0.1, 0.15) is 0 Å². The number of para-hydroxylation sites is 1. The number of nitrogens with zero attached hydrogens (tertiary/aromatic N) is 3. The predicted molar refractivity (Wildman–Crippen MR) is 87.8 cm³/mol. The average Bonchev–Trinajstić information content (AvgIpc) is 2.56. The van der Waals surface area contributed by atoms with Crippen LogP contribution >= 0.6 is 0 Å². The first kappa shape index (κ1) is 17.2. The molecule has 24 heavy (non-hydrogen) atoms. The number of benzene rings is 1. The van der Waals surface area contributed by atoms with Crippen molar-refractivity contribution in [1.82, 2.24) is 4.98 Å². The number of methoxy groups -OCH3 is 1. The number of carbonyl (C=O) groups excluding carboxylic acids is 1. The number of carbonyl (C=O) groups is 1. The molecular weight excluding hydrogens is 314 g/mol. The van der Waals surface area contributed by atoms with E-state index < -0.39 is 6.09 Å². The van der Waals surface area contributed by atoms with Crippen molar-refractivity contribution >= 4 is 29.1 Å². The zero-order valence-corrected chi connectivity index (χ0v) is 13.0. The molecule has 9 nitrogen and oxygen atoms in total. The summed E-state index contributed by atoms with van der Waals surface area (Å²) in [5, 5.41) is 19.9. The van der Waals surface area contributed by atoms with Crippen LogP contribution in [0, 0.1) is 0 Å². The van der Waals surface area contributed by atoms with Crippen molar-refractivity contribution in [1.29, 1.82) is 0 Å². The van der Waals surface area contributed by atoms with Gasteiger partial charge in [0.15, 0.2) is 5.82 Å². The summed E-state index contributed by atoms with van der Waals surface area (Å²) in [6.07, 6.45) is -0.664. The van der Waals surface area contributed by atoms with E-state index in [2.05, 4.69) is 20.5 Å². The lowest BCUT2D eigenvalue weighted by atomic mass is 10.3. The molecule has 2 rings (SSSR count). The van der Waals surface area contributed by atoms with Gasteiger partial charge in [-0.3, -0.25) is 5.32 Å². The van der Waals surface area contributed by atoms with E-state index in [9.17, 15) is 9.90 Å². The van der Waals surface area contributed by atoms with Crippen molar-refractivity contribution in [2.75, 3.05) is 31.4 Å². The van der Waals surface area contributed by atoms with Crippen molar-refractivity contribution in [3.8, 4) is 5.75 Å². The molecule has 4 N–H and O–H groups in total. The van der Waals surface area contributed by atoms with Crippen LogP contribution in [-0.2, 0) is 9.47 Å². The van der Waals surface area contributed by atoms with Gasteiger partial charge in [-0.2, -0.15) is 0 Å². The zero-order chi connectivity index (χ0) is 17.4. The fourth-order valence-corrected chi connectivity index (χ4v) is 1.64. The molecule has 0 saturated heterocycles. The second kappa shape index (κ2) is 8.44. The van der Waals surface area contributed by atoms with Gasteiger partial charge in [0.25, 0.3) is 0 Å². The van der Waals surface area contributed by atoms with Gasteiger partial charge in [-0.15, -0.1) is 10.2 Å². The van der Waals surface area contributed by atoms with Crippen LogP contribution < -0.4 is 11.1 Å². The highest BCUT2D eigenvalue weighted by atomic mass is 16.6. The van der Waals surface area contributed by atoms with Crippen LogP contribution in [0.25, 0.3) is 0 Å². The first-order valence-corrected chi connectivity index (χ1v) is 6.99. The van der Waals surface area contributed by atoms with E-state index in [4.69, 9.17) is 15.2 Å². The Hall–Kier alpha value is -3.20. The molecule has 0 bridgehead atoms. The van der Waals surface area contributed by atoms with Gasteiger partial charge in [-0.1, -0.05) is 12.1 Å². The lowest BCUT2D eigenvalue weighted by Gasteiger charge is -2.07. The second-order valence-corrected chi connectivity index (χ2v) is 4.54. The van der Waals surface area contributed by atoms with Gasteiger partial charge in [-0.05, 0) is 24.3 Å². The number of nitrogen functional groups attached to an aromatic ring is 1. The van der Waals surface area contributed by atoms with Crippen LogP contribution in [0.5, 0.6) is 5.75 Å². The first-order chi connectivity index (χ1) is 11.6. The number of hydrogen-bond donors (Lipinski definition) is 3. The molecule has 0 aliphatic rings. The number of hydrogen-bond acceptors (Lipinski definition) is 8. The number of anilines is 2. The number of rotatable bonds is 6. The zero-order valence-electron chi connectivity index (χ0n) is 13.0. The molecule has 9 heteroatoms.